The lowest BCUT2D eigenvalue weighted by Crippen LogP contribution is -2.49. The van der Waals surface area contributed by atoms with E-state index in [1.807, 2.05) is 25.1 Å². The number of piperidine rings is 1. The van der Waals surface area contributed by atoms with Crippen LogP contribution in [0, 0.1) is 6.92 Å². The maximum absolute atomic E-state index is 12.0. The second-order valence-corrected chi connectivity index (χ2v) is 5.41. The Morgan fingerprint density at radius 1 is 1.69 bits per heavy atom. The molecule has 0 bridgehead atoms. The summed E-state index contributed by atoms with van der Waals surface area (Å²) in [5, 5.41) is 4.13. The van der Waals surface area contributed by atoms with Crippen LogP contribution in [0.15, 0.2) is 6.20 Å². The van der Waals surface area contributed by atoms with Crippen molar-refractivity contribution in [3.05, 3.63) is 16.1 Å². The van der Waals surface area contributed by atoms with Gasteiger partial charge in [-0.3, -0.25) is 4.79 Å². The molecule has 0 saturated carbocycles. The van der Waals surface area contributed by atoms with Crippen molar-refractivity contribution in [2.24, 2.45) is 0 Å². The molecule has 1 unspecified atom stereocenters. The van der Waals surface area contributed by atoms with E-state index in [1.54, 1.807) is 11.3 Å². The summed E-state index contributed by atoms with van der Waals surface area (Å²) in [7, 11) is 1.85. The molecule has 1 aromatic heterocycles. The molecule has 2 heterocycles. The van der Waals surface area contributed by atoms with Crippen molar-refractivity contribution in [3.63, 3.8) is 0 Å². The van der Waals surface area contributed by atoms with E-state index in [0.717, 1.165) is 24.4 Å². The number of nitrogens with zero attached hydrogens (tertiary/aromatic N) is 2. The summed E-state index contributed by atoms with van der Waals surface area (Å²) in [4.78, 5) is 19.3. The number of aryl methyl sites for hydroxylation is 1. The molecule has 0 aliphatic carbocycles. The predicted molar refractivity (Wildman–Crippen MR) is 64.3 cm³/mol. The van der Waals surface area contributed by atoms with Crippen molar-refractivity contribution in [1.82, 2.24) is 15.2 Å². The Morgan fingerprint density at radius 2 is 2.50 bits per heavy atom. The number of aromatic nitrogens is 1. The van der Waals surface area contributed by atoms with E-state index in [4.69, 9.17) is 0 Å². The number of hydrogen-bond donors (Lipinski definition) is 1. The zero-order valence-electron chi connectivity index (χ0n) is 9.69. The molecule has 0 spiro atoms. The number of hydrogen-bond acceptors (Lipinski definition) is 4. The van der Waals surface area contributed by atoms with Crippen molar-refractivity contribution in [2.45, 2.75) is 32.4 Å². The van der Waals surface area contributed by atoms with Gasteiger partial charge in [0.05, 0.1) is 17.6 Å². The normalized spacial score (nSPS) is 21.5. The van der Waals surface area contributed by atoms with E-state index in [9.17, 15) is 4.79 Å². The number of thiazole rings is 1. The average Bonchev–Trinajstić information content (AvgIpc) is 2.67. The molecule has 0 radical (unpaired) electrons. The zero-order chi connectivity index (χ0) is 11.5. The highest BCUT2D eigenvalue weighted by atomic mass is 32.1. The van der Waals surface area contributed by atoms with E-state index in [1.165, 1.54) is 4.88 Å². The maximum Gasteiger partial charge on any atom is 0.240 e. The fourth-order valence-corrected chi connectivity index (χ4v) is 2.84. The van der Waals surface area contributed by atoms with Gasteiger partial charge in [0.1, 0.15) is 0 Å². The van der Waals surface area contributed by atoms with Crippen LogP contribution < -0.4 is 5.32 Å². The van der Waals surface area contributed by atoms with Crippen LogP contribution >= 0.6 is 11.3 Å². The highest BCUT2D eigenvalue weighted by Gasteiger charge is 2.27. The fourth-order valence-electron chi connectivity index (χ4n) is 2.03. The van der Waals surface area contributed by atoms with Crippen LogP contribution in [-0.4, -0.2) is 35.4 Å². The first-order valence-electron chi connectivity index (χ1n) is 5.58. The largest absolute Gasteiger partial charge is 0.336 e. The monoisotopic (exact) mass is 239 g/mol. The molecule has 1 aromatic rings. The summed E-state index contributed by atoms with van der Waals surface area (Å²) in [6.07, 6.45) is 3.90. The topological polar surface area (TPSA) is 45.2 Å². The van der Waals surface area contributed by atoms with E-state index in [2.05, 4.69) is 10.3 Å². The number of likely N-dealkylation sites (N-methyl/N-ethyl adjacent to an activating group) is 1. The van der Waals surface area contributed by atoms with E-state index >= 15 is 0 Å². The van der Waals surface area contributed by atoms with Gasteiger partial charge < -0.3 is 10.2 Å². The minimum Gasteiger partial charge on any atom is -0.336 e. The third-order valence-electron chi connectivity index (χ3n) is 2.89. The van der Waals surface area contributed by atoms with Gasteiger partial charge in [0.25, 0.3) is 0 Å². The number of rotatable bonds is 3. The van der Waals surface area contributed by atoms with Crippen LogP contribution in [0.2, 0.25) is 0 Å². The van der Waals surface area contributed by atoms with Gasteiger partial charge in [-0.2, -0.15) is 0 Å². The highest BCUT2D eigenvalue weighted by molar-refractivity contribution is 7.11. The van der Waals surface area contributed by atoms with Gasteiger partial charge in [-0.15, -0.1) is 11.3 Å². The van der Waals surface area contributed by atoms with Crippen molar-refractivity contribution < 1.29 is 4.79 Å². The second-order valence-electron chi connectivity index (χ2n) is 4.09. The molecule has 1 N–H and O–H groups in total. The van der Waals surface area contributed by atoms with Crippen LogP contribution in [0.4, 0.5) is 0 Å². The van der Waals surface area contributed by atoms with Gasteiger partial charge in [0.2, 0.25) is 5.91 Å². The maximum atomic E-state index is 12.0. The Morgan fingerprint density at radius 3 is 3.12 bits per heavy atom. The van der Waals surface area contributed by atoms with Gasteiger partial charge in [-0.1, -0.05) is 0 Å². The molecule has 1 fully saturated rings. The van der Waals surface area contributed by atoms with Crippen molar-refractivity contribution in [1.29, 1.82) is 0 Å². The van der Waals surface area contributed by atoms with Crippen molar-refractivity contribution >= 4 is 17.2 Å². The minimum atomic E-state index is 0.00256. The Kier molecular flexibility index (Phi) is 3.56. The van der Waals surface area contributed by atoms with Gasteiger partial charge in [-0.05, 0) is 26.8 Å². The lowest BCUT2D eigenvalue weighted by molar-refractivity contribution is -0.136. The lowest BCUT2D eigenvalue weighted by atomic mass is 10.1. The van der Waals surface area contributed by atoms with Crippen LogP contribution in [0.1, 0.15) is 22.7 Å². The first-order valence-corrected chi connectivity index (χ1v) is 6.39. The Labute approximate surface area is 99.7 Å². The number of amides is 1. The standard InChI is InChI=1S/C11H17N3OS/c1-8-13-6-9(16-8)7-14-5-3-4-10(12-2)11(14)15/h6,10,12H,3-5,7H2,1-2H3. The zero-order valence-corrected chi connectivity index (χ0v) is 10.5. The number of nitrogens with one attached hydrogen (secondary N) is 1. The number of carbonyl (C=O) groups excluding carboxylic acids is 1. The van der Waals surface area contributed by atoms with Gasteiger partial charge in [0, 0.05) is 17.6 Å². The average molecular weight is 239 g/mol. The van der Waals surface area contributed by atoms with E-state index in [0.29, 0.717) is 6.54 Å². The highest BCUT2D eigenvalue weighted by Crippen LogP contribution is 2.18. The fraction of sp³-hybridized carbons (Fsp3) is 0.636. The SMILES string of the molecule is CNC1CCCN(Cc2cnc(C)s2)C1=O. The van der Waals surface area contributed by atoms with Crippen LogP contribution in [-0.2, 0) is 11.3 Å². The molecule has 1 aliphatic heterocycles. The molecule has 16 heavy (non-hydrogen) atoms. The Bertz CT molecular complexity index is 377. The summed E-state index contributed by atoms with van der Waals surface area (Å²) in [6.45, 7) is 3.57. The summed E-state index contributed by atoms with van der Waals surface area (Å²) in [5.74, 6) is 0.222. The molecular weight excluding hydrogens is 222 g/mol. The quantitative estimate of drug-likeness (QED) is 0.861. The third-order valence-corrected chi connectivity index (χ3v) is 3.79. The van der Waals surface area contributed by atoms with Gasteiger partial charge in [-0.25, -0.2) is 4.98 Å². The van der Waals surface area contributed by atoms with Crippen LogP contribution in [0.5, 0.6) is 0 Å². The molecule has 1 atom stereocenters. The van der Waals surface area contributed by atoms with E-state index < -0.39 is 0 Å². The lowest BCUT2D eigenvalue weighted by Gasteiger charge is -2.31. The minimum absolute atomic E-state index is 0.00256. The molecule has 0 aromatic carbocycles. The van der Waals surface area contributed by atoms with E-state index in [-0.39, 0.29) is 11.9 Å². The molecule has 1 aliphatic rings. The second kappa shape index (κ2) is 4.93. The first kappa shape index (κ1) is 11.5. The summed E-state index contributed by atoms with van der Waals surface area (Å²) < 4.78 is 0. The summed E-state index contributed by atoms with van der Waals surface area (Å²) in [6, 6.07) is 0.00256. The van der Waals surface area contributed by atoms with Crippen molar-refractivity contribution in [3.8, 4) is 0 Å². The molecular formula is C11H17N3OS. The molecule has 1 saturated heterocycles. The summed E-state index contributed by atoms with van der Waals surface area (Å²) in [5.41, 5.74) is 0. The molecule has 2 rings (SSSR count). The third kappa shape index (κ3) is 2.41. The first-order chi connectivity index (χ1) is 7.70. The molecule has 88 valence electrons. The van der Waals surface area contributed by atoms with Gasteiger partial charge in [0.15, 0.2) is 0 Å². The number of carbonyl (C=O) groups is 1. The molecule has 4 nitrogen and oxygen atoms in total. The Hall–Kier alpha value is -0.940. The van der Waals surface area contributed by atoms with Crippen LogP contribution in [0.3, 0.4) is 0 Å². The van der Waals surface area contributed by atoms with Crippen molar-refractivity contribution in [2.75, 3.05) is 13.6 Å². The smallest absolute Gasteiger partial charge is 0.240 e. The van der Waals surface area contributed by atoms with Crippen LogP contribution in [0.25, 0.3) is 0 Å². The number of likely N-dealkylation sites (tertiary alicyclic amines) is 1. The van der Waals surface area contributed by atoms with Gasteiger partial charge >= 0.3 is 0 Å². The Balaban J connectivity index is 2.01. The molecule has 1 amide bonds. The molecule has 5 heteroatoms. The summed E-state index contributed by atoms with van der Waals surface area (Å²) >= 11 is 1.67. The predicted octanol–water partition coefficient (Wildman–Crippen LogP) is 1.16.